The molecule has 1 heterocycles. The van der Waals surface area contributed by atoms with Gasteiger partial charge in [0.05, 0.1) is 0 Å². The lowest BCUT2D eigenvalue weighted by Crippen LogP contribution is -2.52. The van der Waals surface area contributed by atoms with Crippen LogP contribution in [0.3, 0.4) is 0 Å². The van der Waals surface area contributed by atoms with Gasteiger partial charge in [0.1, 0.15) is 0 Å². The Hall–Kier alpha value is -0.0800. The van der Waals surface area contributed by atoms with E-state index < -0.39 is 0 Å². The summed E-state index contributed by atoms with van der Waals surface area (Å²) in [6, 6.07) is 0.824. The molecule has 2 nitrogen and oxygen atoms in total. The van der Waals surface area contributed by atoms with Crippen LogP contribution in [-0.2, 0) is 0 Å². The fourth-order valence-corrected chi connectivity index (χ4v) is 4.36. The van der Waals surface area contributed by atoms with Gasteiger partial charge in [0, 0.05) is 12.6 Å². The summed E-state index contributed by atoms with van der Waals surface area (Å²) in [6.07, 6.45) is 5.62. The molecule has 0 radical (unpaired) electrons. The second kappa shape index (κ2) is 6.58. The van der Waals surface area contributed by atoms with Crippen molar-refractivity contribution >= 4 is 0 Å². The first-order valence-electron chi connectivity index (χ1n) is 8.47. The number of hydrogen-bond acceptors (Lipinski definition) is 2. The number of likely N-dealkylation sites (tertiary alicyclic amines) is 1. The van der Waals surface area contributed by atoms with Gasteiger partial charge >= 0.3 is 0 Å². The fraction of sp³-hybridized carbons (Fsp3) is 1.00. The molecule has 112 valence electrons. The molecule has 1 aliphatic carbocycles. The van der Waals surface area contributed by atoms with E-state index in [0.717, 1.165) is 42.2 Å². The van der Waals surface area contributed by atoms with Crippen LogP contribution < -0.4 is 5.73 Å². The van der Waals surface area contributed by atoms with Gasteiger partial charge in [-0.1, -0.05) is 34.1 Å². The number of nitrogens with zero attached hydrogens (tertiary/aromatic N) is 1. The Kier molecular flexibility index (Phi) is 5.30. The third-order valence-corrected chi connectivity index (χ3v) is 5.90. The summed E-state index contributed by atoms with van der Waals surface area (Å²) >= 11 is 0. The van der Waals surface area contributed by atoms with E-state index in [9.17, 15) is 0 Å². The maximum absolute atomic E-state index is 5.98. The van der Waals surface area contributed by atoms with Crippen molar-refractivity contribution in [2.24, 2.45) is 35.3 Å². The zero-order valence-electron chi connectivity index (χ0n) is 13.4. The first-order chi connectivity index (χ1) is 9.02. The molecule has 19 heavy (non-hydrogen) atoms. The van der Waals surface area contributed by atoms with Crippen LogP contribution >= 0.6 is 0 Å². The van der Waals surface area contributed by atoms with Gasteiger partial charge in [-0.05, 0) is 61.9 Å². The maximum atomic E-state index is 5.98. The third-order valence-electron chi connectivity index (χ3n) is 5.90. The number of rotatable bonds is 3. The Labute approximate surface area is 120 Å². The second-order valence-corrected chi connectivity index (χ2v) is 7.65. The van der Waals surface area contributed by atoms with Crippen LogP contribution in [0, 0.1) is 29.6 Å². The summed E-state index contributed by atoms with van der Waals surface area (Å²) in [5.74, 6) is 4.19. The molecular formula is C17H34N2. The van der Waals surface area contributed by atoms with Crippen LogP contribution in [-0.4, -0.2) is 30.6 Å². The lowest BCUT2D eigenvalue weighted by molar-refractivity contribution is 0.0161. The molecule has 0 bridgehead atoms. The summed E-state index contributed by atoms with van der Waals surface area (Å²) in [5, 5.41) is 0. The molecule has 5 unspecified atom stereocenters. The largest absolute Gasteiger partial charge is 0.330 e. The van der Waals surface area contributed by atoms with Crippen LogP contribution in [0.5, 0.6) is 0 Å². The molecule has 2 aliphatic rings. The SMILES string of the molecule is CC1CCC(C(C)C)C(N2CCC(C)C(CN)C2)C1. The standard InChI is InChI=1S/C17H34N2/c1-12(2)16-6-5-13(3)9-17(16)19-8-7-14(4)15(10-18)11-19/h12-17H,5-11,18H2,1-4H3. The zero-order chi connectivity index (χ0) is 14.0. The molecule has 2 rings (SSSR count). The van der Waals surface area contributed by atoms with E-state index in [1.165, 1.54) is 38.8 Å². The highest BCUT2D eigenvalue weighted by atomic mass is 15.2. The Bertz CT molecular complexity index is 276. The highest BCUT2D eigenvalue weighted by Gasteiger charge is 2.37. The van der Waals surface area contributed by atoms with E-state index in [2.05, 4.69) is 32.6 Å². The molecule has 2 heteroatoms. The van der Waals surface area contributed by atoms with Crippen molar-refractivity contribution in [2.45, 2.75) is 59.4 Å². The van der Waals surface area contributed by atoms with Gasteiger partial charge in [0.2, 0.25) is 0 Å². The van der Waals surface area contributed by atoms with E-state index in [1.807, 2.05) is 0 Å². The third kappa shape index (κ3) is 3.52. The van der Waals surface area contributed by atoms with E-state index in [4.69, 9.17) is 5.73 Å². The molecule has 1 aliphatic heterocycles. The second-order valence-electron chi connectivity index (χ2n) is 7.65. The van der Waals surface area contributed by atoms with Crippen molar-refractivity contribution in [1.29, 1.82) is 0 Å². The van der Waals surface area contributed by atoms with Crippen LogP contribution in [0.25, 0.3) is 0 Å². The molecule has 2 N–H and O–H groups in total. The van der Waals surface area contributed by atoms with Gasteiger partial charge in [-0.25, -0.2) is 0 Å². The van der Waals surface area contributed by atoms with Crippen molar-refractivity contribution < 1.29 is 0 Å². The summed E-state index contributed by atoms with van der Waals surface area (Å²) < 4.78 is 0. The predicted molar refractivity (Wildman–Crippen MR) is 83.0 cm³/mol. The van der Waals surface area contributed by atoms with Crippen molar-refractivity contribution in [2.75, 3.05) is 19.6 Å². The van der Waals surface area contributed by atoms with Gasteiger partial charge in [-0.3, -0.25) is 4.90 Å². The molecule has 0 aromatic carbocycles. The minimum Gasteiger partial charge on any atom is -0.330 e. The average molecular weight is 266 g/mol. The molecule has 0 amide bonds. The topological polar surface area (TPSA) is 29.3 Å². The van der Waals surface area contributed by atoms with Crippen LogP contribution in [0.2, 0.25) is 0 Å². The number of nitrogens with two attached hydrogens (primary N) is 1. The first-order valence-corrected chi connectivity index (χ1v) is 8.47. The molecule has 0 aromatic heterocycles. The average Bonchev–Trinajstić information content (AvgIpc) is 2.38. The van der Waals surface area contributed by atoms with Crippen LogP contribution in [0.4, 0.5) is 0 Å². The smallest absolute Gasteiger partial charge is 0.0129 e. The quantitative estimate of drug-likeness (QED) is 0.848. The van der Waals surface area contributed by atoms with Gasteiger partial charge < -0.3 is 5.73 Å². The van der Waals surface area contributed by atoms with E-state index in [-0.39, 0.29) is 0 Å². The normalized spacial score (nSPS) is 41.7. The Morgan fingerprint density at radius 3 is 2.53 bits per heavy atom. The molecule has 2 fully saturated rings. The molecule has 0 spiro atoms. The number of piperidine rings is 1. The van der Waals surface area contributed by atoms with Crippen molar-refractivity contribution in [3.05, 3.63) is 0 Å². The Balaban J connectivity index is 2.04. The molecule has 5 atom stereocenters. The van der Waals surface area contributed by atoms with Crippen LogP contribution in [0.1, 0.15) is 53.4 Å². The molecule has 0 aromatic rings. The highest BCUT2D eigenvalue weighted by molar-refractivity contribution is 4.91. The minimum absolute atomic E-state index is 0.721. The van der Waals surface area contributed by atoms with Crippen molar-refractivity contribution in [1.82, 2.24) is 4.90 Å². The monoisotopic (exact) mass is 266 g/mol. The number of hydrogen-bond donors (Lipinski definition) is 1. The van der Waals surface area contributed by atoms with Gasteiger partial charge in [0.25, 0.3) is 0 Å². The molecule has 1 saturated carbocycles. The summed E-state index contributed by atoms with van der Waals surface area (Å²) in [4.78, 5) is 2.80. The predicted octanol–water partition coefficient (Wildman–Crippen LogP) is 3.36. The lowest BCUT2D eigenvalue weighted by atomic mass is 9.72. The van der Waals surface area contributed by atoms with Gasteiger partial charge in [0.15, 0.2) is 0 Å². The summed E-state index contributed by atoms with van der Waals surface area (Å²) in [7, 11) is 0. The van der Waals surface area contributed by atoms with E-state index >= 15 is 0 Å². The summed E-state index contributed by atoms with van der Waals surface area (Å²) in [6.45, 7) is 13.1. The van der Waals surface area contributed by atoms with Crippen molar-refractivity contribution in [3.63, 3.8) is 0 Å². The first kappa shape index (κ1) is 15.3. The molecule has 1 saturated heterocycles. The maximum Gasteiger partial charge on any atom is 0.0129 e. The Morgan fingerprint density at radius 1 is 1.16 bits per heavy atom. The lowest BCUT2D eigenvalue weighted by Gasteiger charge is -2.48. The van der Waals surface area contributed by atoms with Gasteiger partial charge in [-0.2, -0.15) is 0 Å². The summed E-state index contributed by atoms with van der Waals surface area (Å²) in [5.41, 5.74) is 5.98. The van der Waals surface area contributed by atoms with Crippen molar-refractivity contribution in [3.8, 4) is 0 Å². The van der Waals surface area contributed by atoms with E-state index in [0.29, 0.717) is 0 Å². The highest BCUT2D eigenvalue weighted by Crippen LogP contribution is 2.38. The fourth-order valence-electron chi connectivity index (χ4n) is 4.36. The Morgan fingerprint density at radius 2 is 1.89 bits per heavy atom. The minimum atomic E-state index is 0.721. The van der Waals surface area contributed by atoms with E-state index in [1.54, 1.807) is 0 Å². The van der Waals surface area contributed by atoms with Gasteiger partial charge in [-0.15, -0.1) is 0 Å². The van der Waals surface area contributed by atoms with Crippen LogP contribution in [0.15, 0.2) is 0 Å². The zero-order valence-corrected chi connectivity index (χ0v) is 13.4. The molecular weight excluding hydrogens is 232 g/mol.